The van der Waals surface area contributed by atoms with Crippen LogP contribution < -0.4 is 0 Å². The lowest BCUT2D eigenvalue weighted by atomic mass is 10.0. The largest absolute Gasteiger partial charge is 0.412 e. The zero-order valence-corrected chi connectivity index (χ0v) is 10.4. The first kappa shape index (κ1) is 9.72. The van der Waals surface area contributed by atoms with Crippen molar-refractivity contribution in [3.8, 4) is 0 Å². The second-order valence-electron chi connectivity index (χ2n) is 6.11. The minimum absolute atomic E-state index is 0.272. The molecule has 2 aliphatic rings. The molecule has 2 rings (SSSR count). The summed E-state index contributed by atoms with van der Waals surface area (Å²) in [7, 11) is -1.32. The summed E-state index contributed by atoms with van der Waals surface area (Å²) in [4.78, 5) is 0. The first-order valence-corrected chi connectivity index (χ1v) is 8.98. The van der Waals surface area contributed by atoms with Gasteiger partial charge in [0.25, 0.3) is 0 Å². The highest BCUT2D eigenvalue weighted by molar-refractivity contribution is 6.69. The van der Waals surface area contributed by atoms with Crippen LogP contribution in [0, 0.1) is 5.41 Å². The van der Waals surface area contributed by atoms with Gasteiger partial charge in [0.15, 0.2) is 8.32 Å². The normalized spacial score (nSPS) is 36.9. The first-order valence-electron chi connectivity index (χ1n) is 5.57. The van der Waals surface area contributed by atoms with E-state index in [1.54, 1.807) is 0 Å². The molecule has 2 heteroatoms. The Bertz CT molecular complexity index is 213. The van der Waals surface area contributed by atoms with Crippen LogP contribution >= 0.6 is 0 Å². The van der Waals surface area contributed by atoms with Gasteiger partial charge in [-0.15, -0.1) is 0 Å². The number of rotatable bonds is 2. The molecular weight excluding hydrogens is 176 g/mol. The van der Waals surface area contributed by atoms with E-state index in [1.165, 1.54) is 32.1 Å². The fraction of sp³-hybridized carbons (Fsp3) is 1.00. The van der Waals surface area contributed by atoms with Crippen LogP contribution in [0.15, 0.2) is 0 Å². The molecule has 1 spiro atoms. The third-order valence-corrected chi connectivity index (χ3v) is 4.83. The lowest BCUT2D eigenvalue weighted by molar-refractivity contribution is 0.138. The summed E-state index contributed by atoms with van der Waals surface area (Å²) in [6, 6.07) is 0. The summed E-state index contributed by atoms with van der Waals surface area (Å²) < 4.78 is 6.31. The quantitative estimate of drug-likeness (QED) is 0.616. The van der Waals surface area contributed by atoms with E-state index in [0.29, 0.717) is 5.41 Å². The zero-order chi connectivity index (χ0) is 9.74. The van der Waals surface area contributed by atoms with Gasteiger partial charge in [0.1, 0.15) is 0 Å². The maximum Gasteiger partial charge on any atom is 0.184 e. The summed E-state index contributed by atoms with van der Waals surface area (Å²) in [5, 5.41) is 0. The molecule has 1 unspecified atom stereocenters. The number of hydrogen-bond acceptors (Lipinski definition) is 1. The Morgan fingerprint density at radius 3 is 2.08 bits per heavy atom. The van der Waals surface area contributed by atoms with Gasteiger partial charge in [-0.3, -0.25) is 0 Å². The molecule has 0 aromatic carbocycles. The van der Waals surface area contributed by atoms with Crippen molar-refractivity contribution in [2.75, 3.05) is 0 Å². The van der Waals surface area contributed by atoms with Gasteiger partial charge < -0.3 is 4.43 Å². The van der Waals surface area contributed by atoms with Crippen LogP contribution in [-0.2, 0) is 4.43 Å². The van der Waals surface area contributed by atoms with E-state index in [9.17, 15) is 0 Å². The summed E-state index contributed by atoms with van der Waals surface area (Å²) >= 11 is 0. The van der Waals surface area contributed by atoms with E-state index in [2.05, 4.69) is 26.6 Å². The van der Waals surface area contributed by atoms with Crippen molar-refractivity contribution in [1.29, 1.82) is 0 Å². The Morgan fingerprint density at radius 2 is 1.62 bits per heavy atom. The van der Waals surface area contributed by atoms with Crippen molar-refractivity contribution in [3.63, 3.8) is 0 Å². The summed E-state index contributed by atoms with van der Waals surface area (Å²) in [5.41, 5.74) is 0.890. The molecule has 0 radical (unpaired) electrons. The van der Waals surface area contributed by atoms with Crippen LogP contribution in [-0.4, -0.2) is 13.9 Å². The van der Waals surface area contributed by atoms with Crippen molar-refractivity contribution < 1.29 is 4.43 Å². The van der Waals surface area contributed by atoms with Gasteiger partial charge in [-0.05, 0) is 45.8 Å². The molecule has 1 atom stereocenters. The Kier molecular flexibility index (Phi) is 1.95. The minimum atomic E-state index is -1.32. The van der Waals surface area contributed by atoms with Gasteiger partial charge in [-0.25, -0.2) is 0 Å². The fourth-order valence-corrected chi connectivity index (χ4v) is 4.82. The van der Waals surface area contributed by atoms with Crippen LogP contribution in [0.3, 0.4) is 0 Å². The van der Waals surface area contributed by atoms with Crippen LogP contribution in [0.2, 0.25) is 19.6 Å². The molecule has 0 aromatic heterocycles. The standard InChI is InChI=1S/C11H22OSi/c1-10(12-13(2,3)4)9-11(10)7-5-6-8-11/h5-9H2,1-4H3. The summed E-state index contributed by atoms with van der Waals surface area (Å²) in [6.07, 6.45) is 7.06. The highest BCUT2D eigenvalue weighted by Gasteiger charge is 2.66. The number of hydrogen-bond donors (Lipinski definition) is 0. The molecule has 2 saturated carbocycles. The second-order valence-corrected chi connectivity index (χ2v) is 10.5. The SMILES string of the molecule is CC1(O[Si](C)(C)C)CC12CCCC2. The van der Waals surface area contributed by atoms with E-state index < -0.39 is 8.32 Å². The first-order chi connectivity index (χ1) is 5.87. The molecule has 1 nitrogen and oxygen atoms in total. The molecule has 0 aromatic rings. The molecule has 0 aliphatic heterocycles. The second kappa shape index (κ2) is 2.60. The van der Waals surface area contributed by atoms with Crippen molar-refractivity contribution in [3.05, 3.63) is 0 Å². The van der Waals surface area contributed by atoms with E-state index in [-0.39, 0.29) is 5.60 Å². The van der Waals surface area contributed by atoms with Crippen molar-refractivity contribution >= 4 is 8.32 Å². The zero-order valence-electron chi connectivity index (χ0n) is 9.44. The lowest BCUT2D eigenvalue weighted by Gasteiger charge is -2.27. The Labute approximate surface area is 83.0 Å². The molecule has 0 N–H and O–H groups in total. The van der Waals surface area contributed by atoms with Crippen LogP contribution in [0.1, 0.15) is 39.0 Å². The fourth-order valence-electron chi connectivity index (χ4n) is 3.18. The van der Waals surface area contributed by atoms with Gasteiger partial charge in [0.2, 0.25) is 0 Å². The highest BCUT2D eigenvalue weighted by atomic mass is 28.4. The molecule has 0 bridgehead atoms. The average molecular weight is 198 g/mol. The van der Waals surface area contributed by atoms with Gasteiger partial charge >= 0.3 is 0 Å². The summed E-state index contributed by atoms with van der Waals surface area (Å²) in [5.74, 6) is 0. The van der Waals surface area contributed by atoms with Crippen molar-refractivity contribution in [1.82, 2.24) is 0 Å². The summed E-state index contributed by atoms with van der Waals surface area (Å²) in [6.45, 7) is 9.26. The predicted molar refractivity (Wildman–Crippen MR) is 58.4 cm³/mol. The van der Waals surface area contributed by atoms with Gasteiger partial charge in [-0.1, -0.05) is 12.8 Å². The molecule has 2 fully saturated rings. The van der Waals surface area contributed by atoms with Crippen LogP contribution in [0.4, 0.5) is 0 Å². The van der Waals surface area contributed by atoms with Crippen molar-refractivity contribution in [2.45, 2.75) is 64.3 Å². The molecule has 2 aliphatic carbocycles. The van der Waals surface area contributed by atoms with Gasteiger partial charge in [0, 0.05) is 5.41 Å². The van der Waals surface area contributed by atoms with E-state index in [4.69, 9.17) is 4.43 Å². The Balaban J connectivity index is 2.01. The Hall–Kier alpha value is 0.177. The van der Waals surface area contributed by atoms with E-state index in [1.807, 2.05) is 0 Å². The third-order valence-electron chi connectivity index (χ3n) is 3.76. The molecule has 0 saturated heterocycles. The van der Waals surface area contributed by atoms with Crippen LogP contribution in [0.25, 0.3) is 0 Å². The Morgan fingerprint density at radius 1 is 1.08 bits per heavy atom. The maximum absolute atomic E-state index is 6.31. The average Bonchev–Trinajstić information content (AvgIpc) is 2.39. The molecular formula is C11H22OSi. The highest BCUT2D eigenvalue weighted by Crippen LogP contribution is 2.67. The molecule has 0 amide bonds. The topological polar surface area (TPSA) is 9.23 Å². The van der Waals surface area contributed by atoms with Gasteiger partial charge in [-0.2, -0.15) is 0 Å². The van der Waals surface area contributed by atoms with Crippen molar-refractivity contribution in [2.24, 2.45) is 5.41 Å². The monoisotopic (exact) mass is 198 g/mol. The maximum atomic E-state index is 6.31. The molecule has 13 heavy (non-hydrogen) atoms. The molecule has 76 valence electrons. The minimum Gasteiger partial charge on any atom is -0.412 e. The van der Waals surface area contributed by atoms with Gasteiger partial charge in [0.05, 0.1) is 5.60 Å². The lowest BCUT2D eigenvalue weighted by Crippen LogP contribution is -2.34. The molecule has 0 heterocycles. The predicted octanol–water partition coefficient (Wildman–Crippen LogP) is 3.56. The smallest absolute Gasteiger partial charge is 0.184 e. The van der Waals surface area contributed by atoms with Crippen LogP contribution in [0.5, 0.6) is 0 Å². The van der Waals surface area contributed by atoms with E-state index >= 15 is 0 Å². The third kappa shape index (κ3) is 1.59. The van der Waals surface area contributed by atoms with E-state index in [0.717, 1.165) is 0 Å².